The average Bonchev–Trinajstić information content (AvgIpc) is 3.13. The number of carbonyl (C=O) groups is 1. The summed E-state index contributed by atoms with van der Waals surface area (Å²) in [5.41, 5.74) is 10.5. The number of benzene rings is 2. The summed E-state index contributed by atoms with van der Waals surface area (Å²) in [4.78, 5) is 15.2. The lowest BCUT2D eigenvalue weighted by Gasteiger charge is -2.27. The van der Waals surface area contributed by atoms with E-state index in [2.05, 4.69) is 17.2 Å². The van der Waals surface area contributed by atoms with Crippen LogP contribution in [-0.2, 0) is 0 Å². The number of aryl methyl sites for hydroxylation is 1. The van der Waals surface area contributed by atoms with Crippen molar-refractivity contribution < 1.29 is 4.79 Å². The summed E-state index contributed by atoms with van der Waals surface area (Å²) in [6, 6.07) is 19.6. The molecule has 0 unspecified atom stereocenters. The van der Waals surface area contributed by atoms with E-state index in [0.29, 0.717) is 12.2 Å². The Labute approximate surface area is 153 Å². The number of hydrogen-bond acceptors (Lipinski definition) is 3. The Balaban J connectivity index is 1.91. The fraction of sp³-hybridized carbons (Fsp3) is 0.238. The first-order chi connectivity index (χ1) is 12.6. The third-order valence-corrected chi connectivity index (χ3v) is 4.76. The monoisotopic (exact) mass is 346 g/mol. The second kappa shape index (κ2) is 6.42. The molecule has 132 valence electrons. The maximum atomic E-state index is 13.3. The lowest BCUT2D eigenvalue weighted by Crippen LogP contribution is -2.39. The summed E-state index contributed by atoms with van der Waals surface area (Å²) >= 11 is 0. The van der Waals surface area contributed by atoms with Crippen molar-refractivity contribution in [2.45, 2.75) is 25.9 Å². The van der Waals surface area contributed by atoms with Crippen molar-refractivity contribution in [1.29, 1.82) is 0 Å². The van der Waals surface area contributed by atoms with E-state index < -0.39 is 0 Å². The lowest BCUT2D eigenvalue weighted by atomic mass is 9.99. The number of nitrogens with zero attached hydrogens (tertiary/aromatic N) is 3. The van der Waals surface area contributed by atoms with Crippen LogP contribution < -0.4 is 5.73 Å². The van der Waals surface area contributed by atoms with Crippen molar-refractivity contribution in [2.75, 3.05) is 6.54 Å². The van der Waals surface area contributed by atoms with E-state index in [9.17, 15) is 4.79 Å². The van der Waals surface area contributed by atoms with Crippen molar-refractivity contribution in [3.05, 3.63) is 83.2 Å². The SMILES string of the molecule is Cc1nn(-c2ccccc2)c2c1[C@H](c1ccccc1)N(C[C@@H](C)N)C2=O. The number of para-hydroxylation sites is 1. The summed E-state index contributed by atoms with van der Waals surface area (Å²) in [6.45, 7) is 4.40. The first-order valence-electron chi connectivity index (χ1n) is 8.84. The van der Waals surface area contributed by atoms with Crippen LogP contribution in [0.1, 0.15) is 40.3 Å². The molecule has 0 aliphatic carbocycles. The molecular weight excluding hydrogens is 324 g/mol. The molecule has 0 saturated carbocycles. The highest BCUT2D eigenvalue weighted by Gasteiger charge is 2.43. The number of aromatic nitrogens is 2. The van der Waals surface area contributed by atoms with E-state index >= 15 is 0 Å². The highest BCUT2D eigenvalue weighted by atomic mass is 16.2. The van der Waals surface area contributed by atoms with Gasteiger partial charge in [0, 0.05) is 18.2 Å². The molecule has 1 aliphatic heterocycles. The highest BCUT2D eigenvalue weighted by molar-refractivity contribution is 5.99. The first-order valence-corrected chi connectivity index (χ1v) is 8.84. The minimum absolute atomic E-state index is 0.0180. The minimum Gasteiger partial charge on any atom is -0.326 e. The van der Waals surface area contributed by atoms with Gasteiger partial charge in [-0.1, -0.05) is 48.5 Å². The Morgan fingerprint density at radius 1 is 1.08 bits per heavy atom. The molecule has 2 aromatic carbocycles. The molecule has 0 bridgehead atoms. The van der Waals surface area contributed by atoms with Crippen molar-refractivity contribution in [3.63, 3.8) is 0 Å². The van der Waals surface area contributed by atoms with Crippen LogP contribution in [0.3, 0.4) is 0 Å². The second-order valence-corrected chi connectivity index (χ2v) is 6.84. The maximum absolute atomic E-state index is 13.3. The van der Waals surface area contributed by atoms with Crippen molar-refractivity contribution in [1.82, 2.24) is 14.7 Å². The molecule has 3 aromatic rings. The number of rotatable bonds is 4. The normalized spacial score (nSPS) is 17.4. The van der Waals surface area contributed by atoms with Crippen LogP contribution in [0.5, 0.6) is 0 Å². The van der Waals surface area contributed by atoms with Gasteiger partial charge in [0.15, 0.2) is 0 Å². The number of hydrogen-bond donors (Lipinski definition) is 1. The van der Waals surface area contributed by atoms with Crippen LogP contribution in [0.2, 0.25) is 0 Å². The summed E-state index contributed by atoms with van der Waals surface area (Å²) < 4.78 is 1.77. The molecular formula is C21H22N4O. The van der Waals surface area contributed by atoms with Crippen LogP contribution in [-0.4, -0.2) is 33.2 Å². The standard InChI is InChI=1S/C21H22N4O/c1-14(22)13-24-19(16-9-5-3-6-10-16)18-15(2)23-25(20(18)21(24)26)17-11-7-4-8-12-17/h3-12,14,19H,13,22H2,1-2H3/t14-,19+/m1/s1. The van der Waals surface area contributed by atoms with Crippen molar-refractivity contribution >= 4 is 5.91 Å². The third kappa shape index (κ3) is 2.61. The molecule has 0 saturated heterocycles. The Morgan fingerprint density at radius 2 is 1.69 bits per heavy atom. The predicted molar refractivity (Wildman–Crippen MR) is 101 cm³/mol. The van der Waals surface area contributed by atoms with Gasteiger partial charge >= 0.3 is 0 Å². The molecule has 26 heavy (non-hydrogen) atoms. The zero-order valence-corrected chi connectivity index (χ0v) is 15.0. The van der Waals surface area contributed by atoms with E-state index in [4.69, 9.17) is 5.73 Å². The number of fused-ring (bicyclic) bond motifs is 1. The van der Waals surface area contributed by atoms with Crippen LogP contribution >= 0.6 is 0 Å². The van der Waals surface area contributed by atoms with Crippen LogP contribution in [0.15, 0.2) is 60.7 Å². The number of amides is 1. The van der Waals surface area contributed by atoms with Crippen molar-refractivity contribution in [3.8, 4) is 5.69 Å². The van der Waals surface area contributed by atoms with Gasteiger partial charge in [-0.25, -0.2) is 4.68 Å². The smallest absolute Gasteiger partial charge is 0.273 e. The average molecular weight is 346 g/mol. The van der Waals surface area contributed by atoms with Gasteiger partial charge in [0.25, 0.3) is 5.91 Å². The first kappa shape index (κ1) is 16.5. The van der Waals surface area contributed by atoms with Gasteiger partial charge in [0.2, 0.25) is 0 Å². The molecule has 0 radical (unpaired) electrons. The lowest BCUT2D eigenvalue weighted by molar-refractivity contribution is 0.0732. The van der Waals surface area contributed by atoms with Crippen molar-refractivity contribution in [2.24, 2.45) is 5.73 Å². The minimum atomic E-state index is -0.151. The Bertz CT molecular complexity index is 931. The fourth-order valence-corrected chi connectivity index (χ4v) is 3.72. The molecule has 1 amide bonds. The highest BCUT2D eigenvalue weighted by Crippen LogP contribution is 2.41. The molecule has 4 rings (SSSR count). The summed E-state index contributed by atoms with van der Waals surface area (Å²) in [7, 11) is 0. The number of carbonyl (C=O) groups excluding carboxylic acids is 1. The van der Waals surface area contributed by atoms with Gasteiger partial charge in [-0.2, -0.15) is 5.10 Å². The predicted octanol–water partition coefficient (Wildman–Crippen LogP) is 3.07. The fourth-order valence-electron chi connectivity index (χ4n) is 3.72. The zero-order chi connectivity index (χ0) is 18.3. The van der Waals surface area contributed by atoms with E-state index in [1.807, 2.05) is 67.3 Å². The quantitative estimate of drug-likeness (QED) is 0.790. The second-order valence-electron chi connectivity index (χ2n) is 6.84. The molecule has 2 N–H and O–H groups in total. The van der Waals surface area contributed by atoms with Crippen LogP contribution in [0.25, 0.3) is 5.69 Å². The Hall–Kier alpha value is -2.92. The van der Waals surface area contributed by atoms with E-state index in [0.717, 1.165) is 22.5 Å². The molecule has 0 spiro atoms. The molecule has 1 aromatic heterocycles. The Kier molecular flexibility index (Phi) is 4.09. The van der Waals surface area contributed by atoms with Gasteiger partial charge < -0.3 is 10.6 Å². The molecule has 5 heteroatoms. The zero-order valence-electron chi connectivity index (χ0n) is 15.0. The summed E-state index contributed by atoms with van der Waals surface area (Å²) in [6.07, 6.45) is 0. The van der Waals surface area contributed by atoms with Crippen LogP contribution in [0, 0.1) is 6.92 Å². The molecule has 5 nitrogen and oxygen atoms in total. The Morgan fingerprint density at radius 3 is 2.31 bits per heavy atom. The summed E-state index contributed by atoms with van der Waals surface area (Å²) in [5.74, 6) is -0.0180. The maximum Gasteiger partial charge on any atom is 0.273 e. The molecule has 0 fully saturated rings. The van der Waals surface area contributed by atoms with E-state index in [1.54, 1.807) is 4.68 Å². The number of nitrogens with two attached hydrogens (primary N) is 1. The molecule has 2 heterocycles. The molecule has 2 atom stereocenters. The van der Waals surface area contributed by atoms with Gasteiger partial charge in [-0.05, 0) is 31.5 Å². The van der Waals surface area contributed by atoms with Gasteiger partial charge in [-0.3, -0.25) is 4.79 Å². The largest absolute Gasteiger partial charge is 0.326 e. The third-order valence-electron chi connectivity index (χ3n) is 4.76. The van der Waals surface area contributed by atoms with Crippen LogP contribution in [0.4, 0.5) is 0 Å². The van der Waals surface area contributed by atoms with Gasteiger partial charge in [0.1, 0.15) is 5.69 Å². The molecule has 1 aliphatic rings. The van der Waals surface area contributed by atoms with Gasteiger partial charge in [-0.15, -0.1) is 0 Å². The van der Waals surface area contributed by atoms with Gasteiger partial charge in [0.05, 0.1) is 17.4 Å². The van der Waals surface area contributed by atoms with E-state index in [1.165, 1.54) is 0 Å². The van der Waals surface area contributed by atoms with E-state index in [-0.39, 0.29) is 18.0 Å². The topological polar surface area (TPSA) is 64.2 Å². The summed E-state index contributed by atoms with van der Waals surface area (Å²) in [5, 5.41) is 4.68.